The predicted molar refractivity (Wildman–Crippen MR) is 110 cm³/mol. The molecule has 0 aliphatic carbocycles. The third-order valence-corrected chi connectivity index (χ3v) is 5.63. The second-order valence-corrected chi connectivity index (χ2v) is 7.51. The lowest BCUT2D eigenvalue weighted by Gasteiger charge is -2.26. The van der Waals surface area contributed by atoms with E-state index in [-0.39, 0.29) is 11.9 Å². The highest BCUT2D eigenvalue weighted by Crippen LogP contribution is 2.35. The number of ether oxygens (including phenoxy) is 2. The van der Waals surface area contributed by atoms with Crippen LogP contribution in [0, 0.1) is 18.7 Å². The van der Waals surface area contributed by atoms with Crippen LogP contribution in [0.4, 0.5) is 10.1 Å². The number of likely N-dealkylation sites (tertiary alicyclic amines) is 1. The number of hydrogen-bond donors (Lipinski definition) is 1. The van der Waals surface area contributed by atoms with Crippen LogP contribution >= 0.6 is 0 Å². The minimum absolute atomic E-state index is 0.00137. The summed E-state index contributed by atoms with van der Waals surface area (Å²) in [5.74, 6) is 1.67. The number of nitrogens with zero attached hydrogens (tertiary/aromatic N) is 2. The molecule has 1 aromatic carbocycles. The van der Waals surface area contributed by atoms with Gasteiger partial charge in [-0.05, 0) is 56.8 Å². The van der Waals surface area contributed by atoms with Crippen molar-refractivity contribution < 1.29 is 13.9 Å². The monoisotopic (exact) mass is 387 g/mol. The smallest absolute Gasteiger partial charge is 0.213 e. The first-order valence-electron chi connectivity index (χ1n) is 9.76. The Balaban J connectivity index is 1.71. The highest BCUT2D eigenvalue weighted by molar-refractivity contribution is 5.58. The van der Waals surface area contributed by atoms with Crippen molar-refractivity contribution in [2.75, 3.05) is 39.7 Å². The minimum atomic E-state index is -0.199. The molecule has 5 nitrogen and oxygen atoms in total. The summed E-state index contributed by atoms with van der Waals surface area (Å²) in [6.45, 7) is 5.96. The van der Waals surface area contributed by atoms with Crippen LogP contribution in [0.2, 0.25) is 0 Å². The predicted octanol–water partition coefficient (Wildman–Crippen LogP) is 4.21. The summed E-state index contributed by atoms with van der Waals surface area (Å²) >= 11 is 0. The number of aryl methyl sites for hydroxylation is 1. The number of pyridine rings is 1. The fourth-order valence-corrected chi connectivity index (χ4v) is 4.09. The van der Waals surface area contributed by atoms with Gasteiger partial charge in [0.2, 0.25) is 5.88 Å². The molecule has 0 amide bonds. The first-order chi connectivity index (χ1) is 13.4. The van der Waals surface area contributed by atoms with Crippen molar-refractivity contribution in [1.29, 1.82) is 0 Å². The number of benzene rings is 1. The third-order valence-electron chi connectivity index (χ3n) is 5.63. The zero-order chi connectivity index (χ0) is 20.3. The molecule has 6 heteroatoms. The van der Waals surface area contributed by atoms with Gasteiger partial charge in [0.1, 0.15) is 11.6 Å². The van der Waals surface area contributed by atoms with Crippen LogP contribution < -0.4 is 14.8 Å². The summed E-state index contributed by atoms with van der Waals surface area (Å²) in [4.78, 5) is 6.71. The van der Waals surface area contributed by atoms with Crippen molar-refractivity contribution >= 4 is 5.69 Å². The van der Waals surface area contributed by atoms with E-state index in [1.165, 1.54) is 11.6 Å². The summed E-state index contributed by atoms with van der Waals surface area (Å²) in [5, 5.41) is 2.98. The number of halogens is 1. The van der Waals surface area contributed by atoms with E-state index in [4.69, 9.17) is 9.47 Å². The molecule has 2 aromatic rings. The second-order valence-electron chi connectivity index (χ2n) is 7.51. The molecular weight excluding hydrogens is 357 g/mol. The van der Waals surface area contributed by atoms with Crippen molar-refractivity contribution in [3.05, 3.63) is 46.9 Å². The average Bonchev–Trinajstić information content (AvgIpc) is 3.15. The van der Waals surface area contributed by atoms with E-state index in [0.29, 0.717) is 28.8 Å². The Morgan fingerprint density at radius 1 is 1.25 bits per heavy atom. The Morgan fingerprint density at radius 2 is 2.04 bits per heavy atom. The van der Waals surface area contributed by atoms with Crippen molar-refractivity contribution in [2.24, 2.45) is 5.92 Å². The summed E-state index contributed by atoms with van der Waals surface area (Å²) < 4.78 is 25.4. The van der Waals surface area contributed by atoms with Gasteiger partial charge in [-0.25, -0.2) is 9.37 Å². The zero-order valence-electron chi connectivity index (χ0n) is 17.4. The number of anilines is 1. The second kappa shape index (κ2) is 8.78. The summed E-state index contributed by atoms with van der Waals surface area (Å²) in [5.41, 5.74) is 3.56. The molecule has 0 spiro atoms. The Labute approximate surface area is 166 Å². The van der Waals surface area contributed by atoms with Gasteiger partial charge in [0, 0.05) is 43.0 Å². The van der Waals surface area contributed by atoms with Gasteiger partial charge in [0.05, 0.1) is 19.9 Å². The van der Waals surface area contributed by atoms with Gasteiger partial charge in [-0.15, -0.1) is 0 Å². The van der Waals surface area contributed by atoms with E-state index in [0.717, 1.165) is 31.6 Å². The normalized spacial score (nSPS) is 18.1. The van der Waals surface area contributed by atoms with Crippen molar-refractivity contribution in [2.45, 2.75) is 32.7 Å². The molecule has 0 bridgehead atoms. The van der Waals surface area contributed by atoms with Crippen LogP contribution in [0.25, 0.3) is 0 Å². The first-order valence-corrected chi connectivity index (χ1v) is 9.76. The fourth-order valence-electron chi connectivity index (χ4n) is 4.09. The Kier molecular flexibility index (Phi) is 6.39. The van der Waals surface area contributed by atoms with Gasteiger partial charge in [-0.1, -0.05) is 0 Å². The van der Waals surface area contributed by atoms with Gasteiger partial charge in [0.25, 0.3) is 0 Å². The maximum absolute atomic E-state index is 14.7. The topological polar surface area (TPSA) is 46.6 Å². The van der Waals surface area contributed by atoms with Gasteiger partial charge >= 0.3 is 0 Å². The molecule has 0 saturated carbocycles. The molecule has 3 rings (SSSR count). The number of rotatable bonds is 7. The zero-order valence-corrected chi connectivity index (χ0v) is 17.4. The van der Waals surface area contributed by atoms with Crippen molar-refractivity contribution in [3.63, 3.8) is 0 Å². The lowest BCUT2D eigenvalue weighted by atomic mass is 9.98. The molecule has 28 heavy (non-hydrogen) atoms. The molecule has 2 heterocycles. The Bertz CT molecular complexity index is 828. The van der Waals surface area contributed by atoms with Gasteiger partial charge in [-0.2, -0.15) is 0 Å². The Morgan fingerprint density at radius 3 is 2.71 bits per heavy atom. The van der Waals surface area contributed by atoms with Crippen molar-refractivity contribution in [1.82, 2.24) is 9.88 Å². The van der Waals surface area contributed by atoms with Gasteiger partial charge in [0.15, 0.2) is 0 Å². The van der Waals surface area contributed by atoms with Crippen LogP contribution in [-0.2, 0) is 6.42 Å². The minimum Gasteiger partial charge on any atom is -0.495 e. The fraction of sp³-hybridized carbons (Fsp3) is 0.500. The van der Waals surface area contributed by atoms with Gasteiger partial charge in [-0.3, -0.25) is 4.90 Å². The van der Waals surface area contributed by atoms with Crippen LogP contribution in [0.1, 0.15) is 36.2 Å². The van der Waals surface area contributed by atoms with Crippen LogP contribution in [0.15, 0.2) is 24.3 Å². The molecular formula is C22H30FN3O2. The average molecular weight is 387 g/mol. The van der Waals surface area contributed by atoms with Crippen LogP contribution in [-0.4, -0.2) is 44.2 Å². The standard InChI is InChI=1S/C22H30FN3O2/c1-14-8-17(10-22(25-14)28-5)9-16-6-7-26(13-16)15(2)18-11-21(27-4)20(24-3)12-19(18)23/h8,10-12,15-16,24H,6-7,9,13H2,1-5H3/t15-,16?/m0/s1. The van der Waals surface area contributed by atoms with Gasteiger partial charge < -0.3 is 14.8 Å². The number of methoxy groups -OCH3 is 2. The van der Waals surface area contributed by atoms with Crippen LogP contribution in [0.3, 0.4) is 0 Å². The Hall–Kier alpha value is -2.34. The first kappa shape index (κ1) is 20.4. The number of hydrogen-bond acceptors (Lipinski definition) is 5. The quantitative estimate of drug-likeness (QED) is 0.771. The molecule has 1 aliphatic rings. The highest BCUT2D eigenvalue weighted by atomic mass is 19.1. The maximum atomic E-state index is 14.7. The molecule has 1 N–H and O–H groups in total. The molecule has 1 saturated heterocycles. The summed E-state index contributed by atoms with van der Waals surface area (Å²) in [6, 6.07) is 7.47. The van der Waals surface area contributed by atoms with Crippen molar-refractivity contribution in [3.8, 4) is 11.6 Å². The molecule has 1 unspecified atom stereocenters. The van der Waals surface area contributed by atoms with E-state index in [1.54, 1.807) is 21.3 Å². The van der Waals surface area contributed by atoms with E-state index in [9.17, 15) is 4.39 Å². The van der Waals surface area contributed by atoms with E-state index in [1.807, 2.05) is 19.1 Å². The summed E-state index contributed by atoms with van der Waals surface area (Å²) in [7, 11) is 5.02. The number of aromatic nitrogens is 1. The molecule has 1 aromatic heterocycles. The third kappa shape index (κ3) is 4.38. The maximum Gasteiger partial charge on any atom is 0.213 e. The van der Waals surface area contributed by atoms with E-state index in [2.05, 4.69) is 28.2 Å². The molecule has 1 aliphatic heterocycles. The van der Waals surface area contributed by atoms with Crippen LogP contribution in [0.5, 0.6) is 11.6 Å². The molecule has 0 radical (unpaired) electrons. The van der Waals surface area contributed by atoms with E-state index >= 15 is 0 Å². The summed E-state index contributed by atoms with van der Waals surface area (Å²) in [6.07, 6.45) is 2.08. The van der Waals surface area contributed by atoms with E-state index < -0.39 is 0 Å². The molecule has 2 atom stereocenters. The highest BCUT2D eigenvalue weighted by Gasteiger charge is 2.29. The SMILES string of the molecule is CNc1cc(F)c([C@H](C)N2CCC(Cc3cc(C)nc(OC)c3)C2)cc1OC. The number of nitrogens with one attached hydrogen (secondary N) is 1. The molecule has 152 valence electrons. The lowest BCUT2D eigenvalue weighted by molar-refractivity contribution is 0.247. The molecule has 1 fully saturated rings. The largest absolute Gasteiger partial charge is 0.495 e. The lowest BCUT2D eigenvalue weighted by Crippen LogP contribution is -2.25.